The minimum Gasteiger partial charge on any atom is -0.479 e. The number of hydrogen-bond acceptors (Lipinski definition) is 3. The molecule has 0 bridgehead atoms. The Morgan fingerprint density at radius 3 is 2.55 bits per heavy atom. The third-order valence-electron chi connectivity index (χ3n) is 1.19. The second kappa shape index (κ2) is 4.62. The van der Waals surface area contributed by atoms with Gasteiger partial charge in [-0.2, -0.15) is 11.8 Å². The maximum absolute atomic E-state index is 10.4. The Balaban J connectivity index is 3.64. The van der Waals surface area contributed by atoms with Crippen molar-refractivity contribution in [2.75, 3.05) is 11.5 Å². The van der Waals surface area contributed by atoms with Gasteiger partial charge in [0.15, 0.2) is 5.60 Å². The number of carbonyl (C=O) groups is 1. The van der Waals surface area contributed by atoms with Crippen molar-refractivity contribution in [1.29, 1.82) is 0 Å². The van der Waals surface area contributed by atoms with Crippen LogP contribution in [-0.4, -0.2) is 33.3 Å². The van der Waals surface area contributed by atoms with Gasteiger partial charge in [0, 0.05) is 5.75 Å². The molecule has 0 saturated carbocycles. The fourth-order valence-electron chi connectivity index (χ4n) is 0.477. The Hall–Kier alpha value is -0.220. The lowest BCUT2D eigenvalue weighted by molar-refractivity contribution is -0.154. The van der Waals surface area contributed by atoms with Crippen molar-refractivity contribution in [1.82, 2.24) is 0 Å². The molecule has 1 atom stereocenters. The normalized spacial score (nSPS) is 15.9. The average molecular weight is 178 g/mol. The van der Waals surface area contributed by atoms with Crippen LogP contribution in [0.4, 0.5) is 0 Å². The Morgan fingerprint density at radius 2 is 2.18 bits per heavy atom. The van der Waals surface area contributed by atoms with Crippen LogP contribution in [0.2, 0.25) is 0 Å². The minimum atomic E-state index is -1.57. The van der Waals surface area contributed by atoms with Crippen molar-refractivity contribution in [3.8, 4) is 0 Å². The van der Waals surface area contributed by atoms with E-state index < -0.39 is 11.6 Å². The molecule has 1 unspecified atom stereocenters. The van der Waals surface area contributed by atoms with Crippen LogP contribution in [0.15, 0.2) is 0 Å². The van der Waals surface area contributed by atoms with E-state index in [0.717, 1.165) is 12.2 Å². The van der Waals surface area contributed by atoms with Crippen LogP contribution in [-0.2, 0) is 4.79 Å². The summed E-state index contributed by atoms with van der Waals surface area (Å²) in [5.74, 6) is 0.000628. The molecule has 0 aliphatic rings. The van der Waals surface area contributed by atoms with Gasteiger partial charge in [0.05, 0.1) is 0 Å². The van der Waals surface area contributed by atoms with Gasteiger partial charge in [0.2, 0.25) is 0 Å². The molecule has 0 fully saturated rings. The lowest BCUT2D eigenvalue weighted by Gasteiger charge is -2.16. The van der Waals surface area contributed by atoms with Crippen LogP contribution in [0.1, 0.15) is 20.3 Å². The number of hydrogen-bond donors (Lipinski definition) is 2. The maximum Gasteiger partial charge on any atom is 0.336 e. The summed E-state index contributed by atoms with van der Waals surface area (Å²) in [6.45, 7) is 3.33. The number of aliphatic hydroxyl groups is 1. The zero-order valence-electron chi connectivity index (χ0n) is 6.83. The summed E-state index contributed by atoms with van der Waals surface area (Å²) in [6, 6.07) is 0. The second-order valence-electron chi connectivity index (χ2n) is 2.63. The summed E-state index contributed by atoms with van der Waals surface area (Å²) >= 11 is 1.46. The summed E-state index contributed by atoms with van der Waals surface area (Å²) in [5.41, 5.74) is -1.57. The largest absolute Gasteiger partial charge is 0.479 e. The number of thioether (sulfide) groups is 1. The van der Waals surface area contributed by atoms with E-state index in [-0.39, 0.29) is 5.75 Å². The molecule has 0 aliphatic heterocycles. The van der Waals surface area contributed by atoms with Gasteiger partial charge in [-0.1, -0.05) is 6.92 Å². The highest BCUT2D eigenvalue weighted by Gasteiger charge is 2.29. The van der Waals surface area contributed by atoms with Crippen LogP contribution in [0, 0.1) is 0 Å². The average Bonchev–Trinajstić information content (AvgIpc) is 1.88. The first-order valence-electron chi connectivity index (χ1n) is 3.54. The van der Waals surface area contributed by atoms with Gasteiger partial charge >= 0.3 is 5.97 Å². The van der Waals surface area contributed by atoms with Crippen LogP contribution in [0.3, 0.4) is 0 Å². The van der Waals surface area contributed by atoms with Crippen LogP contribution >= 0.6 is 11.8 Å². The molecule has 66 valence electrons. The van der Waals surface area contributed by atoms with Crippen LogP contribution in [0.5, 0.6) is 0 Å². The Morgan fingerprint density at radius 1 is 1.64 bits per heavy atom. The standard InChI is InChI=1S/C7H14O3S/c1-3-4-11-5-7(2,10)6(8)9/h10H,3-5H2,1-2H3,(H,8,9). The van der Waals surface area contributed by atoms with E-state index in [0.29, 0.717) is 0 Å². The molecule has 11 heavy (non-hydrogen) atoms. The maximum atomic E-state index is 10.4. The van der Waals surface area contributed by atoms with Gasteiger partial charge in [0.25, 0.3) is 0 Å². The lowest BCUT2D eigenvalue weighted by atomic mass is 10.1. The molecule has 0 saturated heterocycles. The zero-order chi connectivity index (χ0) is 8.91. The molecule has 0 rings (SSSR count). The molecule has 4 heteroatoms. The molecular weight excluding hydrogens is 164 g/mol. The molecule has 0 spiro atoms. The number of rotatable bonds is 5. The third kappa shape index (κ3) is 4.27. The monoisotopic (exact) mass is 178 g/mol. The highest BCUT2D eigenvalue weighted by atomic mass is 32.2. The first-order valence-corrected chi connectivity index (χ1v) is 4.69. The first-order chi connectivity index (χ1) is 5.00. The van der Waals surface area contributed by atoms with E-state index in [1.54, 1.807) is 0 Å². The minimum absolute atomic E-state index is 0.260. The molecular formula is C7H14O3S. The van der Waals surface area contributed by atoms with Crippen molar-refractivity contribution in [3.05, 3.63) is 0 Å². The molecule has 0 aliphatic carbocycles. The highest BCUT2D eigenvalue weighted by Crippen LogP contribution is 2.13. The summed E-state index contributed by atoms with van der Waals surface area (Å²) in [4.78, 5) is 10.4. The van der Waals surface area contributed by atoms with E-state index in [4.69, 9.17) is 5.11 Å². The van der Waals surface area contributed by atoms with E-state index >= 15 is 0 Å². The van der Waals surface area contributed by atoms with Crippen molar-refractivity contribution in [2.45, 2.75) is 25.9 Å². The lowest BCUT2D eigenvalue weighted by Crippen LogP contribution is -2.37. The van der Waals surface area contributed by atoms with E-state index in [1.807, 2.05) is 6.92 Å². The molecule has 0 radical (unpaired) electrons. The third-order valence-corrected chi connectivity index (χ3v) is 2.66. The van der Waals surface area contributed by atoms with Crippen molar-refractivity contribution >= 4 is 17.7 Å². The number of carboxylic acids is 1. The first kappa shape index (κ1) is 10.8. The molecule has 0 aromatic heterocycles. The summed E-state index contributed by atoms with van der Waals surface area (Å²) in [7, 11) is 0. The van der Waals surface area contributed by atoms with Gasteiger partial charge in [-0.25, -0.2) is 4.79 Å². The number of aliphatic carboxylic acids is 1. The Kier molecular flexibility index (Phi) is 4.52. The topological polar surface area (TPSA) is 57.5 Å². The quantitative estimate of drug-likeness (QED) is 0.616. The predicted octanol–water partition coefficient (Wildman–Crippen LogP) is 0.965. The van der Waals surface area contributed by atoms with Crippen molar-refractivity contribution in [2.24, 2.45) is 0 Å². The zero-order valence-corrected chi connectivity index (χ0v) is 7.65. The Labute approximate surface area is 70.8 Å². The fraction of sp³-hybridized carbons (Fsp3) is 0.857. The highest BCUT2D eigenvalue weighted by molar-refractivity contribution is 7.99. The summed E-state index contributed by atoms with van der Waals surface area (Å²) in [6.07, 6.45) is 1.00. The Bertz CT molecular complexity index is 134. The second-order valence-corrected chi connectivity index (χ2v) is 3.74. The molecule has 0 aromatic rings. The summed E-state index contributed by atoms with van der Waals surface area (Å²) < 4.78 is 0. The smallest absolute Gasteiger partial charge is 0.336 e. The predicted molar refractivity (Wildman–Crippen MR) is 45.9 cm³/mol. The van der Waals surface area contributed by atoms with E-state index in [1.165, 1.54) is 18.7 Å². The SMILES string of the molecule is CCCSCC(C)(O)C(=O)O. The van der Waals surface area contributed by atoms with E-state index in [2.05, 4.69) is 0 Å². The number of carboxylic acid groups (broad SMARTS) is 1. The molecule has 0 aromatic carbocycles. The van der Waals surface area contributed by atoms with Crippen LogP contribution in [0.25, 0.3) is 0 Å². The van der Waals surface area contributed by atoms with Crippen LogP contribution < -0.4 is 0 Å². The molecule has 3 nitrogen and oxygen atoms in total. The van der Waals surface area contributed by atoms with Gasteiger partial charge in [0.1, 0.15) is 0 Å². The van der Waals surface area contributed by atoms with Crippen molar-refractivity contribution in [3.63, 3.8) is 0 Å². The van der Waals surface area contributed by atoms with E-state index in [9.17, 15) is 9.90 Å². The van der Waals surface area contributed by atoms with Gasteiger partial charge < -0.3 is 10.2 Å². The fourth-order valence-corrected chi connectivity index (χ4v) is 1.43. The summed E-state index contributed by atoms with van der Waals surface area (Å²) in [5, 5.41) is 17.7. The van der Waals surface area contributed by atoms with Gasteiger partial charge in [-0.15, -0.1) is 0 Å². The van der Waals surface area contributed by atoms with Gasteiger partial charge in [-0.3, -0.25) is 0 Å². The molecule has 2 N–H and O–H groups in total. The van der Waals surface area contributed by atoms with Gasteiger partial charge in [-0.05, 0) is 19.1 Å². The van der Waals surface area contributed by atoms with Crippen molar-refractivity contribution < 1.29 is 15.0 Å². The molecule has 0 amide bonds. The molecule has 0 heterocycles.